The van der Waals surface area contributed by atoms with Crippen molar-refractivity contribution in [2.24, 2.45) is 4.99 Å². The van der Waals surface area contributed by atoms with Crippen molar-refractivity contribution in [3.8, 4) is 0 Å². The Balaban J connectivity index is 2.38. The Morgan fingerprint density at radius 2 is 1.94 bits per heavy atom. The third kappa shape index (κ3) is 8.23. The molecule has 0 saturated carbocycles. The molecule has 34 heavy (non-hydrogen) atoms. The number of halogens is 1. The molecule has 0 radical (unpaired) electrons. The first-order chi connectivity index (χ1) is 16.4. The lowest BCUT2D eigenvalue weighted by atomic mass is 9.96. The third-order valence-corrected chi connectivity index (χ3v) is 5.74. The zero-order chi connectivity index (χ0) is 24.9. The van der Waals surface area contributed by atoms with Gasteiger partial charge in [-0.1, -0.05) is 67.6 Å². The molecule has 2 aromatic carbocycles. The van der Waals surface area contributed by atoms with Crippen LogP contribution in [0.15, 0.2) is 90.3 Å². The van der Waals surface area contributed by atoms with Crippen molar-refractivity contribution in [1.29, 1.82) is 0 Å². The van der Waals surface area contributed by atoms with Crippen LogP contribution in [-0.4, -0.2) is 35.5 Å². The standard InChI is InChI=1S/C28H33ClN2O3/c1-5-25(34-4)11-9-19-31(20-24-10-7-8-12-26(24)29)28(30-6-2)21(3)23-16-13-22(14-17-23)15-18-27(32)33/h5,7-14,16-17,19,21H,1,6,15,18,20H2,2-4H3,(H,32,33)/b19-9+,25-11+,30-28?. The molecule has 5 nitrogen and oxygen atoms in total. The largest absolute Gasteiger partial charge is 0.497 e. The van der Waals surface area contributed by atoms with Crippen LogP contribution in [0.5, 0.6) is 0 Å². The van der Waals surface area contributed by atoms with E-state index in [1.54, 1.807) is 13.2 Å². The summed E-state index contributed by atoms with van der Waals surface area (Å²) in [4.78, 5) is 17.8. The Labute approximate surface area is 207 Å². The van der Waals surface area contributed by atoms with Gasteiger partial charge in [0.05, 0.1) is 13.7 Å². The number of methoxy groups -OCH3 is 1. The van der Waals surface area contributed by atoms with Crippen LogP contribution in [0.3, 0.4) is 0 Å². The number of aryl methyl sites for hydroxylation is 1. The summed E-state index contributed by atoms with van der Waals surface area (Å²) in [6, 6.07) is 15.9. The molecule has 0 spiro atoms. The summed E-state index contributed by atoms with van der Waals surface area (Å²) in [5.74, 6) is 0.778. The fourth-order valence-electron chi connectivity index (χ4n) is 3.49. The van der Waals surface area contributed by atoms with E-state index in [-0.39, 0.29) is 12.3 Å². The van der Waals surface area contributed by atoms with Gasteiger partial charge < -0.3 is 14.7 Å². The van der Waals surface area contributed by atoms with Crippen LogP contribution in [0.2, 0.25) is 5.02 Å². The van der Waals surface area contributed by atoms with Crippen LogP contribution in [0.25, 0.3) is 0 Å². The number of rotatable bonds is 12. The van der Waals surface area contributed by atoms with E-state index in [1.165, 1.54) is 0 Å². The number of hydrogen-bond donors (Lipinski definition) is 1. The van der Waals surface area contributed by atoms with E-state index in [2.05, 4.69) is 18.4 Å². The molecule has 1 unspecified atom stereocenters. The molecule has 2 rings (SSSR count). The number of allylic oxidation sites excluding steroid dienone is 3. The van der Waals surface area contributed by atoms with Crippen molar-refractivity contribution in [1.82, 2.24) is 4.90 Å². The van der Waals surface area contributed by atoms with Gasteiger partial charge in [0.25, 0.3) is 0 Å². The molecule has 0 bridgehead atoms. The van der Waals surface area contributed by atoms with Crippen molar-refractivity contribution >= 4 is 23.4 Å². The topological polar surface area (TPSA) is 62.1 Å². The first-order valence-electron chi connectivity index (χ1n) is 11.3. The molecule has 1 N–H and O–H groups in total. The first-order valence-corrected chi connectivity index (χ1v) is 11.7. The summed E-state index contributed by atoms with van der Waals surface area (Å²) < 4.78 is 5.27. The predicted octanol–water partition coefficient (Wildman–Crippen LogP) is 6.61. The van der Waals surface area contributed by atoms with Gasteiger partial charge in [0.2, 0.25) is 0 Å². The second-order valence-corrected chi connectivity index (χ2v) is 8.13. The van der Waals surface area contributed by atoms with Gasteiger partial charge in [0.1, 0.15) is 11.6 Å². The van der Waals surface area contributed by atoms with Crippen molar-refractivity contribution in [3.05, 3.63) is 107 Å². The van der Waals surface area contributed by atoms with Gasteiger partial charge in [-0.15, -0.1) is 0 Å². The van der Waals surface area contributed by atoms with Gasteiger partial charge >= 0.3 is 5.97 Å². The highest BCUT2D eigenvalue weighted by Crippen LogP contribution is 2.24. The monoisotopic (exact) mass is 480 g/mol. The minimum atomic E-state index is -0.793. The van der Waals surface area contributed by atoms with Gasteiger partial charge in [0.15, 0.2) is 0 Å². The highest BCUT2D eigenvalue weighted by Gasteiger charge is 2.19. The van der Waals surface area contributed by atoms with E-state index in [1.807, 2.05) is 73.8 Å². The molecule has 0 fully saturated rings. The molecular formula is C28H33ClN2O3. The molecule has 6 heteroatoms. The van der Waals surface area contributed by atoms with Crippen molar-refractivity contribution in [2.75, 3.05) is 13.7 Å². The quantitative estimate of drug-likeness (QED) is 0.161. The number of benzene rings is 2. The smallest absolute Gasteiger partial charge is 0.303 e. The lowest BCUT2D eigenvalue weighted by molar-refractivity contribution is -0.136. The summed E-state index contributed by atoms with van der Waals surface area (Å²) in [6.07, 6.45) is 8.01. The molecule has 180 valence electrons. The van der Waals surface area contributed by atoms with Gasteiger partial charge in [-0.25, -0.2) is 0 Å². The molecule has 1 atom stereocenters. The number of aliphatic imine (C=N–C) groups is 1. The molecule has 0 aliphatic rings. The minimum Gasteiger partial charge on any atom is -0.497 e. The molecule has 0 aromatic heterocycles. The molecule has 0 aliphatic heterocycles. The number of ether oxygens (including phenoxy) is 1. The number of carboxylic acids is 1. The highest BCUT2D eigenvalue weighted by molar-refractivity contribution is 6.31. The van der Waals surface area contributed by atoms with Crippen LogP contribution in [0, 0.1) is 0 Å². The number of aliphatic carboxylic acids is 1. The van der Waals surface area contributed by atoms with Crippen LogP contribution < -0.4 is 0 Å². The highest BCUT2D eigenvalue weighted by atomic mass is 35.5. The Hall–Kier alpha value is -3.31. The molecule has 0 aliphatic carbocycles. The van der Waals surface area contributed by atoms with Crippen molar-refractivity contribution in [3.63, 3.8) is 0 Å². The minimum absolute atomic E-state index is 0.00545. The van der Waals surface area contributed by atoms with Crippen molar-refractivity contribution < 1.29 is 14.6 Å². The first kappa shape index (κ1) is 26.9. The predicted molar refractivity (Wildman–Crippen MR) is 140 cm³/mol. The number of hydrogen-bond acceptors (Lipinski definition) is 3. The number of nitrogens with zero attached hydrogens (tertiary/aromatic N) is 2. The van der Waals surface area contributed by atoms with Crippen LogP contribution in [0.1, 0.15) is 42.9 Å². The van der Waals surface area contributed by atoms with Gasteiger partial charge in [-0.05, 0) is 54.3 Å². The lowest BCUT2D eigenvalue weighted by Gasteiger charge is -2.28. The van der Waals surface area contributed by atoms with Crippen LogP contribution >= 0.6 is 11.6 Å². The number of amidine groups is 1. The number of carboxylic acid groups (broad SMARTS) is 1. The normalized spacial score (nSPS) is 13.1. The zero-order valence-electron chi connectivity index (χ0n) is 20.1. The zero-order valence-corrected chi connectivity index (χ0v) is 20.8. The van der Waals surface area contributed by atoms with Gasteiger partial charge in [0, 0.05) is 30.1 Å². The Morgan fingerprint density at radius 1 is 1.24 bits per heavy atom. The molecule has 2 aromatic rings. The molecular weight excluding hydrogens is 448 g/mol. The van der Waals surface area contributed by atoms with Crippen LogP contribution in [0.4, 0.5) is 0 Å². The fourth-order valence-corrected chi connectivity index (χ4v) is 3.69. The summed E-state index contributed by atoms with van der Waals surface area (Å²) in [7, 11) is 1.61. The molecule has 0 amide bonds. The summed E-state index contributed by atoms with van der Waals surface area (Å²) in [6.45, 7) is 9.08. The van der Waals surface area contributed by atoms with Gasteiger partial charge in [-0.3, -0.25) is 9.79 Å². The fraction of sp³-hybridized carbons (Fsp3) is 0.286. The molecule has 0 saturated heterocycles. The summed E-state index contributed by atoms with van der Waals surface area (Å²) in [5, 5.41) is 9.63. The maximum Gasteiger partial charge on any atom is 0.303 e. The third-order valence-electron chi connectivity index (χ3n) is 5.37. The van der Waals surface area contributed by atoms with E-state index < -0.39 is 5.97 Å². The maximum atomic E-state index is 10.9. The number of carbonyl (C=O) groups is 1. The summed E-state index contributed by atoms with van der Waals surface area (Å²) >= 11 is 6.47. The van der Waals surface area contributed by atoms with Crippen LogP contribution in [-0.2, 0) is 22.5 Å². The van der Waals surface area contributed by atoms with E-state index in [4.69, 9.17) is 26.4 Å². The van der Waals surface area contributed by atoms with E-state index >= 15 is 0 Å². The maximum absolute atomic E-state index is 10.9. The average molecular weight is 481 g/mol. The average Bonchev–Trinajstić information content (AvgIpc) is 2.84. The SMILES string of the molecule is C=C/C(=C\C=C\N(Cc1ccccc1Cl)C(=NCC)C(C)c1ccc(CCC(=O)O)cc1)OC. The molecule has 0 heterocycles. The van der Waals surface area contributed by atoms with Crippen molar-refractivity contribution in [2.45, 2.75) is 39.2 Å². The summed E-state index contributed by atoms with van der Waals surface area (Å²) in [5.41, 5.74) is 3.10. The van der Waals surface area contributed by atoms with E-state index in [0.717, 1.165) is 22.5 Å². The Morgan fingerprint density at radius 3 is 2.53 bits per heavy atom. The van der Waals surface area contributed by atoms with Gasteiger partial charge in [-0.2, -0.15) is 0 Å². The van der Waals surface area contributed by atoms with E-state index in [0.29, 0.717) is 30.3 Å². The van der Waals surface area contributed by atoms with E-state index in [9.17, 15) is 4.79 Å². The second-order valence-electron chi connectivity index (χ2n) is 7.73. The second kappa shape index (κ2) is 14.1. The lowest BCUT2D eigenvalue weighted by Crippen LogP contribution is -2.30. The Bertz CT molecular complexity index is 1040. The Kier molecular flexibility index (Phi) is 11.1.